The highest BCUT2D eigenvalue weighted by Crippen LogP contribution is 2.30. The van der Waals surface area contributed by atoms with Gasteiger partial charge in [0.2, 0.25) is 5.91 Å². The molecule has 0 aromatic rings. The van der Waals surface area contributed by atoms with Gasteiger partial charge in [-0.2, -0.15) is 0 Å². The van der Waals surface area contributed by atoms with Gasteiger partial charge in [0.05, 0.1) is 32.0 Å². The standard InChI is InChI=1S/C75H139NO13/c1-3-5-7-9-11-13-15-17-19-20-21-22-23-24-25-26-27-28-29-30-31-32-33-34-35-36-37-38-39-40-41-42-43-44-45-47-49-51-53-55-57-59-67(80)76-63(64(79)58-56-54-52-50-48-46-18-16-14-12-10-8-6-4-2)62-86-74-72(85)70(83)73(66(61-78)88-74)89-75-71(84)69(82)68(81)65(60-77)87-75/h15,17,20-21,48,50,56,58,63-66,68-75,77-79,81-85H,3-14,16,18-19,22-47,49,51-55,57,59-62H2,1-2H3,(H,76,80)/b17-15-,21-20-,50-48+,58-56+. The number of aliphatic hydroxyl groups excluding tert-OH is 8. The third kappa shape index (κ3) is 43.5. The van der Waals surface area contributed by atoms with E-state index in [2.05, 4.69) is 55.6 Å². The molecule has 2 rings (SSSR count). The number of rotatable bonds is 62. The van der Waals surface area contributed by atoms with Gasteiger partial charge in [-0.15, -0.1) is 0 Å². The van der Waals surface area contributed by atoms with Crippen molar-refractivity contribution in [2.45, 2.75) is 402 Å². The quantitative estimate of drug-likeness (QED) is 0.0204. The molecular formula is C75H139NO13. The van der Waals surface area contributed by atoms with Crippen molar-refractivity contribution in [1.29, 1.82) is 0 Å². The molecule has 14 nitrogen and oxygen atoms in total. The summed E-state index contributed by atoms with van der Waals surface area (Å²) in [6, 6.07) is -0.930. The average Bonchev–Trinajstić information content (AvgIpc) is 2.74. The Bertz CT molecular complexity index is 1680. The predicted octanol–water partition coefficient (Wildman–Crippen LogP) is 15.9. The van der Waals surface area contributed by atoms with E-state index >= 15 is 0 Å². The molecule has 9 N–H and O–H groups in total. The van der Waals surface area contributed by atoms with E-state index in [0.717, 1.165) is 38.5 Å². The number of allylic oxidation sites excluding steroid dienone is 7. The minimum Gasteiger partial charge on any atom is -0.394 e. The normalized spacial score (nSPS) is 23.3. The van der Waals surface area contributed by atoms with E-state index in [1.807, 2.05) is 6.08 Å². The monoisotopic (exact) mass is 1260 g/mol. The fraction of sp³-hybridized carbons (Fsp3) is 0.880. The number of aliphatic hydroxyl groups is 8. The first-order chi connectivity index (χ1) is 43.6. The Labute approximate surface area is 543 Å². The van der Waals surface area contributed by atoms with Gasteiger partial charge >= 0.3 is 0 Å². The second kappa shape index (κ2) is 59.7. The number of amides is 1. The van der Waals surface area contributed by atoms with Crippen molar-refractivity contribution >= 4 is 5.91 Å². The van der Waals surface area contributed by atoms with Gasteiger partial charge in [0.15, 0.2) is 12.6 Å². The van der Waals surface area contributed by atoms with Crippen molar-refractivity contribution in [1.82, 2.24) is 5.32 Å². The Morgan fingerprint density at radius 1 is 0.404 bits per heavy atom. The van der Waals surface area contributed by atoms with Crippen LogP contribution in [-0.2, 0) is 23.7 Å². The molecule has 0 bridgehead atoms. The van der Waals surface area contributed by atoms with Crippen LogP contribution in [0.5, 0.6) is 0 Å². The molecule has 0 radical (unpaired) electrons. The molecule has 0 saturated carbocycles. The van der Waals surface area contributed by atoms with Gasteiger partial charge < -0.3 is 65.1 Å². The van der Waals surface area contributed by atoms with Gasteiger partial charge in [-0.1, -0.05) is 306 Å². The Balaban J connectivity index is 1.53. The van der Waals surface area contributed by atoms with Crippen LogP contribution in [0.15, 0.2) is 48.6 Å². The fourth-order valence-electron chi connectivity index (χ4n) is 12.3. The van der Waals surface area contributed by atoms with Crippen LogP contribution < -0.4 is 5.32 Å². The van der Waals surface area contributed by atoms with Crippen LogP contribution in [0.2, 0.25) is 0 Å². The van der Waals surface area contributed by atoms with Crippen LogP contribution in [0, 0.1) is 0 Å². The summed E-state index contributed by atoms with van der Waals surface area (Å²) in [6.45, 7) is 2.79. The molecule has 12 unspecified atom stereocenters. The van der Waals surface area contributed by atoms with Crippen molar-refractivity contribution in [2.75, 3.05) is 19.8 Å². The smallest absolute Gasteiger partial charge is 0.220 e. The first-order valence-corrected chi connectivity index (χ1v) is 37.4. The topological polar surface area (TPSA) is 228 Å². The fourth-order valence-corrected chi connectivity index (χ4v) is 12.3. The van der Waals surface area contributed by atoms with Crippen LogP contribution in [0.25, 0.3) is 0 Å². The van der Waals surface area contributed by atoms with Crippen molar-refractivity contribution in [2.24, 2.45) is 0 Å². The minimum atomic E-state index is -1.79. The highest BCUT2D eigenvalue weighted by Gasteiger charge is 2.51. The Morgan fingerprint density at radius 2 is 0.753 bits per heavy atom. The highest BCUT2D eigenvalue weighted by atomic mass is 16.7. The number of hydrogen-bond donors (Lipinski definition) is 9. The SMILES string of the molecule is CCCCCCC/C=C\C/C=C\CCCCCCCCCCCCCCCCCCCCCCCCCCCCCCCC(=O)NC(COC1OC(CO)C(OC2OC(CO)C(O)C(O)C2O)C(O)C1O)C(O)/C=C/CC/C=C/CCCCCCCCCC. The maximum Gasteiger partial charge on any atom is 0.220 e. The van der Waals surface area contributed by atoms with E-state index in [0.29, 0.717) is 12.8 Å². The summed E-state index contributed by atoms with van der Waals surface area (Å²) in [5.74, 6) is -0.244. The molecular weight excluding hydrogens is 1120 g/mol. The summed E-state index contributed by atoms with van der Waals surface area (Å²) in [4.78, 5) is 13.3. The van der Waals surface area contributed by atoms with E-state index in [-0.39, 0.29) is 18.9 Å². The molecule has 0 aromatic heterocycles. The molecule has 14 heteroatoms. The number of ether oxygens (including phenoxy) is 4. The van der Waals surface area contributed by atoms with Gasteiger partial charge in [0.1, 0.15) is 48.8 Å². The molecule has 0 aromatic carbocycles. The molecule has 12 atom stereocenters. The zero-order valence-corrected chi connectivity index (χ0v) is 56.9. The lowest BCUT2D eigenvalue weighted by Crippen LogP contribution is -2.65. The van der Waals surface area contributed by atoms with E-state index in [1.54, 1.807) is 6.08 Å². The van der Waals surface area contributed by atoms with E-state index < -0.39 is 86.8 Å². The molecule has 0 aliphatic carbocycles. The largest absolute Gasteiger partial charge is 0.394 e. The maximum absolute atomic E-state index is 13.3. The lowest BCUT2D eigenvalue weighted by molar-refractivity contribution is -0.359. The molecule has 2 aliphatic heterocycles. The van der Waals surface area contributed by atoms with Crippen LogP contribution in [0.4, 0.5) is 0 Å². The predicted molar refractivity (Wildman–Crippen MR) is 364 cm³/mol. The summed E-state index contributed by atoms with van der Waals surface area (Å²) < 4.78 is 22.8. The van der Waals surface area contributed by atoms with Crippen molar-refractivity contribution < 1.29 is 64.6 Å². The van der Waals surface area contributed by atoms with Crippen LogP contribution in [0.3, 0.4) is 0 Å². The van der Waals surface area contributed by atoms with E-state index in [9.17, 15) is 45.6 Å². The third-order valence-electron chi connectivity index (χ3n) is 18.2. The molecule has 0 spiro atoms. The van der Waals surface area contributed by atoms with Crippen molar-refractivity contribution in [3.8, 4) is 0 Å². The third-order valence-corrected chi connectivity index (χ3v) is 18.2. The van der Waals surface area contributed by atoms with Gasteiger partial charge in [-0.25, -0.2) is 0 Å². The number of carbonyl (C=O) groups is 1. The van der Waals surface area contributed by atoms with Crippen LogP contribution in [0.1, 0.15) is 328 Å². The molecule has 2 aliphatic rings. The molecule has 522 valence electrons. The van der Waals surface area contributed by atoms with Gasteiger partial charge in [0.25, 0.3) is 0 Å². The Kier molecular flexibility index (Phi) is 55.7. The van der Waals surface area contributed by atoms with E-state index in [1.165, 1.54) is 257 Å². The van der Waals surface area contributed by atoms with Crippen molar-refractivity contribution in [3.05, 3.63) is 48.6 Å². The second-order valence-electron chi connectivity index (χ2n) is 26.4. The Hall–Kier alpha value is -2.05. The lowest BCUT2D eigenvalue weighted by atomic mass is 9.97. The summed E-state index contributed by atoms with van der Waals surface area (Å²) in [5, 5.41) is 87.3. The summed E-state index contributed by atoms with van der Waals surface area (Å²) in [5.41, 5.74) is 0. The average molecular weight is 1260 g/mol. The van der Waals surface area contributed by atoms with Gasteiger partial charge in [-0.3, -0.25) is 4.79 Å². The molecule has 89 heavy (non-hydrogen) atoms. The molecule has 1 amide bonds. The first kappa shape index (κ1) is 83.0. The van der Waals surface area contributed by atoms with Crippen LogP contribution >= 0.6 is 0 Å². The number of hydrogen-bond acceptors (Lipinski definition) is 13. The minimum absolute atomic E-state index is 0.244. The lowest BCUT2D eigenvalue weighted by Gasteiger charge is -2.46. The zero-order valence-electron chi connectivity index (χ0n) is 56.9. The van der Waals surface area contributed by atoms with Gasteiger partial charge in [-0.05, 0) is 64.2 Å². The molecule has 2 heterocycles. The second-order valence-corrected chi connectivity index (χ2v) is 26.4. The maximum atomic E-state index is 13.3. The number of unbranched alkanes of at least 4 members (excludes halogenated alkanes) is 43. The van der Waals surface area contributed by atoms with Gasteiger partial charge in [0, 0.05) is 6.42 Å². The van der Waals surface area contributed by atoms with Crippen LogP contribution in [-0.4, -0.2) is 140 Å². The molecule has 2 fully saturated rings. The summed E-state index contributed by atoms with van der Waals surface area (Å²) >= 11 is 0. The first-order valence-electron chi connectivity index (χ1n) is 37.4. The molecule has 2 saturated heterocycles. The van der Waals surface area contributed by atoms with Crippen molar-refractivity contribution in [3.63, 3.8) is 0 Å². The van der Waals surface area contributed by atoms with E-state index in [4.69, 9.17) is 18.9 Å². The Morgan fingerprint density at radius 3 is 1.17 bits per heavy atom. The number of nitrogens with one attached hydrogen (secondary N) is 1. The highest BCUT2D eigenvalue weighted by molar-refractivity contribution is 5.76. The summed E-state index contributed by atoms with van der Waals surface area (Å²) in [7, 11) is 0. The zero-order chi connectivity index (χ0) is 64.5. The summed E-state index contributed by atoms with van der Waals surface area (Å²) in [6.07, 6.45) is 62.2. The number of carbonyl (C=O) groups excluding carboxylic acids is 1.